The second kappa shape index (κ2) is 18.3. The fourth-order valence-corrected chi connectivity index (χ4v) is 4.30. The number of anilines is 3. The second-order valence-corrected chi connectivity index (χ2v) is 11.0. The van der Waals surface area contributed by atoms with Crippen LogP contribution in [-0.2, 0) is 20.9 Å². The van der Waals surface area contributed by atoms with E-state index in [1.807, 2.05) is 41.9 Å². The monoisotopic (exact) mass is 633 g/mol. The van der Waals surface area contributed by atoms with Gasteiger partial charge in [-0.3, -0.25) is 14.3 Å². The molecule has 0 spiro atoms. The van der Waals surface area contributed by atoms with Crippen LogP contribution in [0.25, 0.3) is 10.9 Å². The second-order valence-electron chi connectivity index (χ2n) is 11.0. The number of hydrogen-bond donors (Lipinski definition) is 3. The quantitative estimate of drug-likeness (QED) is 0.115. The molecule has 1 atom stereocenters. The Morgan fingerprint density at radius 3 is 2.70 bits per heavy atom. The third-order valence-electron chi connectivity index (χ3n) is 7.05. The number of aromatic nitrogens is 4. The highest BCUT2D eigenvalue weighted by molar-refractivity contribution is 5.92. The highest BCUT2D eigenvalue weighted by Crippen LogP contribution is 2.28. The Hall–Kier alpha value is -4.67. The maximum atomic E-state index is 12.6. The number of unbranched alkanes of at least 4 members (excludes halogenated alkanes) is 1. The van der Waals surface area contributed by atoms with E-state index in [1.165, 1.54) is 11.0 Å². The molecule has 2 aromatic heterocycles. The van der Waals surface area contributed by atoms with E-state index in [-0.39, 0.29) is 11.8 Å². The van der Waals surface area contributed by atoms with E-state index in [0.29, 0.717) is 62.3 Å². The first-order valence-corrected chi connectivity index (χ1v) is 15.4. The first kappa shape index (κ1) is 35.8. The summed E-state index contributed by atoms with van der Waals surface area (Å²) in [6.07, 6.45) is 7.14. The number of nitrogens with zero attached hydrogens (tertiary/aromatic N) is 6. The van der Waals surface area contributed by atoms with Crippen molar-refractivity contribution in [1.29, 1.82) is 0 Å². The molecule has 3 rings (SSSR count). The molecule has 0 bridgehead atoms. The van der Waals surface area contributed by atoms with Gasteiger partial charge < -0.3 is 35.2 Å². The molecule has 0 aliphatic rings. The third-order valence-corrected chi connectivity index (χ3v) is 7.05. The lowest BCUT2D eigenvalue weighted by Crippen LogP contribution is -2.45. The van der Waals surface area contributed by atoms with Crippen molar-refractivity contribution in [2.75, 3.05) is 72.2 Å². The standard InChI is InChI=1S/C33H47N9O4/c1-8-17-34-30-25(13-10-9-11-18-35-31(44)24(2)41(5)29(43)14-12-19-40(3)4)23-36-33(38-30)37-26-15-16-27-28(22-26)42(20-21-45-6)39-32(27)46-7/h12,14-16,22-24H,8-9,11,17-21H2,1-7H3,(H,35,44)(H2,34,36,37,38)/b14-12+/t24-/m0/s1. The maximum absolute atomic E-state index is 12.6. The minimum absolute atomic E-state index is 0.204. The molecular weight excluding hydrogens is 586 g/mol. The molecule has 13 heteroatoms. The van der Waals surface area contributed by atoms with Gasteiger partial charge in [0.1, 0.15) is 11.9 Å². The molecule has 1 aromatic carbocycles. The summed E-state index contributed by atoms with van der Waals surface area (Å²) in [5.41, 5.74) is 2.41. The van der Waals surface area contributed by atoms with Crippen LogP contribution < -0.4 is 20.7 Å². The zero-order chi connectivity index (χ0) is 33.5. The Bertz CT molecular complexity index is 1540. The molecule has 13 nitrogen and oxygen atoms in total. The summed E-state index contributed by atoms with van der Waals surface area (Å²) in [6.45, 7) is 6.76. The lowest BCUT2D eigenvalue weighted by Gasteiger charge is -2.23. The van der Waals surface area contributed by atoms with Crippen molar-refractivity contribution in [2.45, 2.75) is 45.7 Å². The molecule has 3 N–H and O–H groups in total. The van der Waals surface area contributed by atoms with E-state index in [9.17, 15) is 9.59 Å². The van der Waals surface area contributed by atoms with Crippen molar-refractivity contribution in [1.82, 2.24) is 34.9 Å². The molecule has 0 aliphatic heterocycles. The van der Waals surface area contributed by atoms with Gasteiger partial charge in [0.25, 0.3) is 0 Å². The van der Waals surface area contributed by atoms with Gasteiger partial charge in [0.15, 0.2) is 0 Å². The summed E-state index contributed by atoms with van der Waals surface area (Å²) in [4.78, 5) is 37.5. The lowest BCUT2D eigenvalue weighted by molar-refractivity contribution is -0.135. The Labute approximate surface area is 271 Å². The average molecular weight is 634 g/mol. The lowest BCUT2D eigenvalue weighted by atomic mass is 10.2. The first-order valence-electron chi connectivity index (χ1n) is 15.4. The van der Waals surface area contributed by atoms with Crippen molar-refractivity contribution in [3.8, 4) is 17.7 Å². The number of amides is 2. The molecule has 2 amide bonds. The van der Waals surface area contributed by atoms with Crippen LogP contribution in [0.4, 0.5) is 17.5 Å². The molecule has 248 valence electrons. The normalized spacial score (nSPS) is 11.7. The summed E-state index contributed by atoms with van der Waals surface area (Å²) < 4.78 is 12.5. The number of rotatable bonds is 17. The third kappa shape index (κ3) is 10.5. The minimum atomic E-state index is -0.582. The maximum Gasteiger partial charge on any atom is 0.246 e. The molecule has 3 aromatic rings. The topological polar surface area (TPSA) is 139 Å². The van der Waals surface area contributed by atoms with Gasteiger partial charge in [-0.1, -0.05) is 24.8 Å². The number of likely N-dealkylation sites (N-methyl/N-ethyl adjacent to an activating group) is 2. The van der Waals surface area contributed by atoms with Crippen LogP contribution in [-0.4, -0.2) is 109 Å². The molecule has 0 radical (unpaired) electrons. The highest BCUT2D eigenvalue weighted by atomic mass is 16.5. The predicted octanol–water partition coefficient (Wildman–Crippen LogP) is 3.26. The van der Waals surface area contributed by atoms with E-state index < -0.39 is 6.04 Å². The van der Waals surface area contributed by atoms with E-state index in [4.69, 9.17) is 14.5 Å². The number of carbonyl (C=O) groups excluding carboxylic acids is 2. The zero-order valence-corrected chi connectivity index (χ0v) is 28.0. The van der Waals surface area contributed by atoms with Crippen LogP contribution in [0.15, 0.2) is 36.5 Å². The minimum Gasteiger partial charge on any atom is -0.479 e. The van der Waals surface area contributed by atoms with Crippen LogP contribution in [0.1, 0.15) is 38.7 Å². The number of fused-ring (bicyclic) bond motifs is 1. The van der Waals surface area contributed by atoms with Gasteiger partial charge in [-0.2, -0.15) is 4.98 Å². The average Bonchev–Trinajstić information content (AvgIpc) is 3.40. The van der Waals surface area contributed by atoms with Crippen LogP contribution in [0, 0.1) is 11.8 Å². The van der Waals surface area contributed by atoms with E-state index >= 15 is 0 Å². The van der Waals surface area contributed by atoms with Gasteiger partial charge in [0.05, 0.1) is 42.9 Å². The molecular formula is C33H47N9O4. The number of benzene rings is 1. The molecule has 0 saturated carbocycles. The summed E-state index contributed by atoms with van der Waals surface area (Å²) in [6, 6.07) is 5.29. The molecule has 0 saturated heterocycles. The molecule has 0 aliphatic carbocycles. The Kier molecular flexibility index (Phi) is 14.3. The number of ether oxygens (including phenoxy) is 2. The number of methoxy groups -OCH3 is 2. The van der Waals surface area contributed by atoms with Crippen LogP contribution in [0.2, 0.25) is 0 Å². The Morgan fingerprint density at radius 2 is 1.98 bits per heavy atom. The summed E-state index contributed by atoms with van der Waals surface area (Å²) in [5, 5.41) is 15.0. The highest BCUT2D eigenvalue weighted by Gasteiger charge is 2.20. The van der Waals surface area contributed by atoms with Gasteiger partial charge in [-0.15, -0.1) is 5.10 Å². The number of carbonyl (C=O) groups is 2. The molecule has 0 unspecified atom stereocenters. The van der Waals surface area contributed by atoms with E-state index in [1.54, 1.807) is 40.5 Å². The fourth-order valence-electron chi connectivity index (χ4n) is 4.30. The van der Waals surface area contributed by atoms with Crippen molar-refractivity contribution < 1.29 is 19.1 Å². The first-order chi connectivity index (χ1) is 22.2. The van der Waals surface area contributed by atoms with Crippen LogP contribution >= 0.6 is 0 Å². The number of hydrogen-bond acceptors (Lipinski definition) is 10. The largest absolute Gasteiger partial charge is 0.479 e. The van der Waals surface area contributed by atoms with Gasteiger partial charge in [-0.25, -0.2) is 4.98 Å². The molecule has 2 heterocycles. The summed E-state index contributed by atoms with van der Waals surface area (Å²) >= 11 is 0. The van der Waals surface area contributed by atoms with Gasteiger partial charge in [0.2, 0.25) is 23.6 Å². The Morgan fingerprint density at radius 1 is 1.17 bits per heavy atom. The van der Waals surface area contributed by atoms with E-state index in [2.05, 4.69) is 44.8 Å². The van der Waals surface area contributed by atoms with Crippen LogP contribution in [0.5, 0.6) is 5.88 Å². The van der Waals surface area contributed by atoms with E-state index in [0.717, 1.165) is 29.6 Å². The Balaban J connectivity index is 1.59. The number of nitrogens with one attached hydrogen (secondary N) is 3. The van der Waals surface area contributed by atoms with Crippen LogP contribution in [0.3, 0.4) is 0 Å². The SMILES string of the molecule is CCCNc1nc(Nc2ccc3c(OC)nn(CCOC)c3c2)ncc1C#CCCCNC(=O)[C@H](C)N(C)C(=O)/C=C/CN(C)C. The molecule has 46 heavy (non-hydrogen) atoms. The molecule has 0 fully saturated rings. The smallest absolute Gasteiger partial charge is 0.246 e. The predicted molar refractivity (Wildman–Crippen MR) is 181 cm³/mol. The summed E-state index contributed by atoms with van der Waals surface area (Å²) in [7, 11) is 8.74. The zero-order valence-electron chi connectivity index (χ0n) is 28.0. The van der Waals surface area contributed by atoms with Gasteiger partial charge in [-0.05, 0) is 52.1 Å². The fraction of sp³-hybridized carbons (Fsp3) is 0.485. The van der Waals surface area contributed by atoms with Crippen molar-refractivity contribution in [3.63, 3.8) is 0 Å². The van der Waals surface area contributed by atoms with Crippen molar-refractivity contribution in [2.24, 2.45) is 0 Å². The van der Waals surface area contributed by atoms with Crippen molar-refractivity contribution >= 4 is 40.2 Å². The van der Waals surface area contributed by atoms with Gasteiger partial charge in [0, 0.05) is 52.0 Å². The summed E-state index contributed by atoms with van der Waals surface area (Å²) in [5.74, 6) is 7.56. The van der Waals surface area contributed by atoms with Gasteiger partial charge >= 0.3 is 0 Å². The van der Waals surface area contributed by atoms with Crippen molar-refractivity contribution in [3.05, 3.63) is 42.1 Å².